The van der Waals surface area contributed by atoms with Crippen LogP contribution in [0.3, 0.4) is 0 Å². The Morgan fingerprint density at radius 3 is 2.73 bits per heavy atom. The van der Waals surface area contributed by atoms with Gasteiger partial charge in [-0.15, -0.1) is 21.5 Å². The van der Waals surface area contributed by atoms with E-state index in [-0.39, 0.29) is 17.0 Å². The standard InChI is InChI=1S/C22H15F2N5O2S2/c23-14-6-7-15(24)16(10-14)25-18(30)12-33-22-27-26-21-28(11-13-4-2-1-3-5-13)20(31)19-17(29(21)22)8-9-32-19/h1-10H,11-12H2,(H,25,30). The number of benzene rings is 2. The third-order valence-electron chi connectivity index (χ3n) is 4.90. The molecule has 0 fully saturated rings. The van der Waals surface area contributed by atoms with E-state index < -0.39 is 17.5 Å². The lowest BCUT2D eigenvalue weighted by Crippen LogP contribution is -2.23. The van der Waals surface area contributed by atoms with Crippen molar-refractivity contribution in [2.75, 3.05) is 11.1 Å². The maximum absolute atomic E-state index is 13.8. The second-order valence-electron chi connectivity index (χ2n) is 7.09. The molecule has 2 aromatic carbocycles. The van der Waals surface area contributed by atoms with Crippen LogP contribution in [0.2, 0.25) is 0 Å². The first-order chi connectivity index (χ1) is 16.0. The Bertz CT molecular complexity index is 1550. The maximum atomic E-state index is 13.8. The summed E-state index contributed by atoms with van der Waals surface area (Å²) >= 11 is 2.40. The Morgan fingerprint density at radius 1 is 1.09 bits per heavy atom. The summed E-state index contributed by atoms with van der Waals surface area (Å²) in [4.78, 5) is 25.5. The van der Waals surface area contributed by atoms with Crippen molar-refractivity contribution in [1.82, 2.24) is 19.2 Å². The van der Waals surface area contributed by atoms with E-state index in [2.05, 4.69) is 15.5 Å². The summed E-state index contributed by atoms with van der Waals surface area (Å²) in [6.45, 7) is 0.319. The van der Waals surface area contributed by atoms with E-state index in [1.165, 1.54) is 11.3 Å². The Kier molecular flexibility index (Phi) is 5.65. The number of halogens is 2. The van der Waals surface area contributed by atoms with E-state index in [0.29, 0.717) is 27.7 Å². The number of amides is 1. The molecule has 166 valence electrons. The lowest BCUT2D eigenvalue weighted by Gasteiger charge is -2.10. The fourth-order valence-corrected chi connectivity index (χ4v) is 4.98. The third-order valence-corrected chi connectivity index (χ3v) is 6.72. The average molecular weight is 484 g/mol. The Morgan fingerprint density at radius 2 is 1.91 bits per heavy atom. The third kappa shape index (κ3) is 4.12. The van der Waals surface area contributed by atoms with Crippen molar-refractivity contribution in [3.8, 4) is 0 Å². The monoisotopic (exact) mass is 483 g/mol. The van der Waals surface area contributed by atoms with E-state index in [1.807, 2.05) is 35.7 Å². The summed E-state index contributed by atoms with van der Waals surface area (Å²) in [5.74, 6) is -1.67. The molecule has 1 amide bonds. The summed E-state index contributed by atoms with van der Waals surface area (Å²) in [6.07, 6.45) is 0. The highest BCUT2D eigenvalue weighted by atomic mass is 32.2. The van der Waals surface area contributed by atoms with Crippen LogP contribution in [-0.2, 0) is 11.3 Å². The number of nitrogens with one attached hydrogen (secondary N) is 1. The minimum absolute atomic E-state index is 0.111. The van der Waals surface area contributed by atoms with Gasteiger partial charge in [0.1, 0.15) is 16.3 Å². The number of fused-ring (bicyclic) bond motifs is 3. The van der Waals surface area contributed by atoms with Gasteiger partial charge in [0.25, 0.3) is 5.56 Å². The number of anilines is 1. The summed E-state index contributed by atoms with van der Waals surface area (Å²) in [7, 11) is 0. The van der Waals surface area contributed by atoms with Crippen LogP contribution in [0.4, 0.5) is 14.5 Å². The van der Waals surface area contributed by atoms with Gasteiger partial charge in [0.05, 0.1) is 23.5 Å². The van der Waals surface area contributed by atoms with E-state index in [9.17, 15) is 18.4 Å². The van der Waals surface area contributed by atoms with Gasteiger partial charge in [-0.25, -0.2) is 8.78 Å². The lowest BCUT2D eigenvalue weighted by atomic mass is 10.2. The molecule has 0 atom stereocenters. The molecule has 3 heterocycles. The SMILES string of the molecule is O=C(CSc1nnc2n(Cc3ccccc3)c(=O)c3sccc3n12)Nc1cc(F)ccc1F. The molecule has 0 saturated carbocycles. The summed E-state index contributed by atoms with van der Waals surface area (Å²) < 4.78 is 31.0. The number of nitrogens with zero attached hydrogens (tertiary/aromatic N) is 4. The normalized spacial score (nSPS) is 11.3. The molecule has 0 bridgehead atoms. The molecular formula is C22H15F2N5O2S2. The molecule has 0 aliphatic rings. The number of carbonyl (C=O) groups is 1. The zero-order chi connectivity index (χ0) is 22.9. The molecule has 1 N–H and O–H groups in total. The highest BCUT2D eigenvalue weighted by molar-refractivity contribution is 7.99. The van der Waals surface area contributed by atoms with E-state index in [0.717, 1.165) is 35.5 Å². The topological polar surface area (TPSA) is 81.3 Å². The Labute approximate surface area is 193 Å². The predicted molar refractivity (Wildman–Crippen MR) is 124 cm³/mol. The predicted octanol–water partition coefficient (Wildman–Crippen LogP) is 4.16. The number of hydrogen-bond acceptors (Lipinski definition) is 6. The number of rotatable bonds is 6. The number of thiophene rings is 1. The van der Waals surface area contributed by atoms with Gasteiger partial charge in [0.2, 0.25) is 11.7 Å². The van der Waals surface area contributed by atoms with Gasteiger partial charge in [-0.05, 0) is 29.1 Å². The van der Waals surface area contributed by atoms with Crippen LogP contribution < -0.4 is 10.9 Å². The number of carbonyl (C=O) groups excluding carboxylic acids is 1. The first kappa shape index (κ1) is 21.3. The maximum Gasteiger partial charge on any atom is 0.273 e. The van der Waals surface area contributed by atoms with Crippen molar-refractivity contribution in [3.05, 3.63) is 87.5 Å². The molecule has 5 aromatic rings. The number of aromatic nitrogens is 4. The summed E-state index contributed by atoms with van der Waals surface area (Å²) in [6, 6.07) is 14.2. The van der Waals surface area contributed by atoms with Gasteiger partial charge in [-0.1, -0.05) is 42.1 Å². The quantitative estimate of drug-likeness (QED) is 0.367. The molecule has 0 aliphatic carbocycles. The molecule has 0 spiro atoms. The molecule has 7 nitrogen and oxygen atoms in total. The lowest BCUT2D eigenvalue weighted by molar-refractivity contribution is -0.113. The largest absolute Gasteiger partial charge is 0.323 e. The summed E-state index contributed by atoms with van der Waals surface area (Å²) in [5, 5.41) is 13.0. The van der Waals surface area contributed by atoms with Crippen molar-refractivity contribution in [1.29, 1.82) is 0 Å². The van der Waals surface area contributed by atoms with Crippen molar-refractivity contribution in [2.24, 2.45) is 0 Å². The van der Waals surface area contributed by atoms with Crippen LogP contribution in [0.15, 0.2) is 69.9 Å². The van der Waals surface area contributed by atoms with Crippen LogP contribution in [0.1, 0.15) is 5.56 Å². The van der Waals surface area contributed by atoms with E-state index >= 15 is 0 Å². The second kappa shape index (κ2) is 8.75. The number of thioether (sulfide) groups is 1. The smallest absolute Gasteiger partial charge is 0.273 e. The molecule has 0 aliphatic heterocycles. The van der Waals surface area contributed by atoms with Crippen molar-refractivity contribution >= 4 is 50.7 Å². The van der Waals surface area contributed by atoms with Crippen molar-refractivity contribution in [3.63, 3.8) is 0 Å². The van der Waals surface area contributed by atoms with Gasteiger partial charge in [-0.3, -0.25) is 18.6 Å². The summed E-state index contributed by atoms with van der Waals surface area (Å²) in [5.41, 5.74) is 1.18. The molecule has 0 saturated heterocycles. The van der Waals surface area contributed by atoms with Gasteiger partial charge < -0.3 is 5.32 Å². The highest BCUT2D eigenvalue weighted by Gasteiger charge is 2.19. The first-order valence-corrected chi connectivity index (χ1v) is 11.6. The minimum Gasteiger partial charge on any atom is -0.323 e. The van der Waals surface area contributed by atoms with Crippen LogP contribution in [0.5, 0.6) is 0 Å². The highest BCUT2D eigenvalue weighted by Crippen LogP contribution is 2.25. The van der Waals surface area contributed by atoms with Gasteiger partial charge in [0.15, 0.2) is 5.16 Å². The molecular weight excluding hydrogens is 468 g/mol. The first-order valence-electron chi connectivity index (χ1n) is 9.78. The Hall–Kier alpha value is -3.57. The minimum atomic E-state index is -0.729. The second-order valence-corrected chi connectivity index (χ2v) is 8.95. The average Bonchev–Trinajstić information content (AvgIpc) is 3.45. The number of hydrogen-bond donors (Lipinski definition) is 1. The molecule has 0 unspecified atom stereocenters. The Balaban J connectivity index is 1.46. The van der Waals surface area contributed by atoms with Crippen LogP contribution >= 0.6 is 23.1 Å². The fourth-order valence-electron chi connectivity index (χ4n) is 3.41. The van der Waals surface area contributed by atoms with Crippen LogP contribution in [-0.4, -0.2) is 30.8 Å². The van der Waals surface area contributed by atoms with Gasteiger partial charge >= 0.3 is 0 Å². The van der Waals surface area contributed by atoms with Crippen molar-refractivity contribution < 1.29 is 13.6 Å². The van der Waals surface area contributed by atoms with Crippen molar-refractivity contribution in [2.45, 2.75) is 11.7 Å². The zero-order valence-corrected chi connectivity index (χ0v) is 18.5. The van der Waals surface area contributed by atoms with Crippen LogP contribution in [0.25, 0.3) is 16.0 Å². The van der Waals surface area contributed by atoms with Gasteiger partial charge in [-0.2, -0.15) is 0 Å². The molecule has 0 radical (unpaired) electrons. The van der Waals surface area contributed by atoms with E-state index in [4.69, 9.17) is 0 Å². The van der Waals surface area contributed by atoms with E-state index in [1.54, 1.807) is 15.0 Å². The molecule has 33 heavy (non-hydrogen) atoms. The van der Waals surface area contributed by atoms with Crippen LogP contribution in [0, 0.1) is 11.6 Å². The molecule has 11 heteroatoms. The zero-order valence-electron chi connectivity index (χ0n) is 16.9. The van der Waals surface area contributed by atoms with Gasteiger partial charge in [0, 0.05) is 6.07 Å². The fraction of sp³-hybridized carbons (Fsp3) is 0.0909. The molecule has 5 rings (SSSR count). The molecule has 3 aromatic heterocycles.